The fraction of sp³-hybridized carbons (Fsp3) is 0.167. The molecule has 0 spiro atoms. The molecule has 0 radical (unpaired) electrons. The topological polar surface area (TPSA) is 75.2 Å². The Hall–Kier alpha value is -2.37. The predicted octanol–water partition coefficient (Wildman–Crippen LogP) is 2.23. The number of methoxy groups -OCH3 is 1. The predicted molar refractivity (Wildman–Crippen MR) is 62.2 cm³/mol. The number of aromatic nitrogens is 2. The van der Waals surface area contributed by atoms with Gasteiger partial charge in [0.1, 0.15) is 5.69 Å². The first-order chi connectivity index (χ1) is 8.54. The number of hydrogen-bond donors (Lipinski definition) is 2. The minimum Gasteiger partial charge on any atom is -0.493 e. The molecule has 0 aliphatic carbocycles. The molecule has 0 atom stereocenters. The van der Waals surface area contributed by atoms with Gasteiger partial charge in [-0.05, 0) is 24.6 Å². The Morgan fingerprint density at radius 3 is 2.78 bits per heavy atom. The first-order valence-corrected chi connectivity index (χ1v) is 5.16. The molecular formula is C12H11FN2O3. The van der Waals surface area contributed by atoms with Gasteiger partial charge >= 0.3 is 5.97 Å². The van der Waals surface area contributed by atoms with Gasteiger partial charge in [0.2, 0.25) is 0 Å². The Balaban J connectivity index is 2.62. The molecule has 2 N–H and O–H groups in total. The molecule has 0 saturated heterocycles. The van der Waals surface area contributed by atoms with Crippen LogP contribution in [0.4, 0.5) is 4.39 Å². The number of halogens is 1. The second-order valence-electron chi connectivity index (χ2n) is 3.74. The Labute approximate surface area is 102 Å². The molecule has 1 aromatic heterocycles. The molecule has 2 aromatic rings. The van der Waals surface area contributed by atoms with Gasteiger partial charge in [-0.15, -0.1) is 0 Å². The van der Waals surface area contributed by atoms with Gasteiger partial charge in [-0.25, -0.2) is 9.18 Å². The summed E-state index contributed by atoms with van der Waals surface area (Å²) in [4.78, 5) is 10.8. The van der Waals surface area contributed by atoms with E-state index in [2.05, 4.69) is 10.2 Å². The Morgan fingerprint density at radius 2 is 2.22 bits per heavy atom. The molecule has 0 fully saturated rings. The van der Waals surface area contributed by atoms with E-state index in [0.29, 0.717) is 11.3 Å². The lowest BCUT2D eigenvalue weighted by molar-refractivity contribution is 0.0690. The zero-order valence-electron chi connectivity index (χ0n) is 9.82. The van der Waals surface area contributed by atoms with Crippen molar-refractivity contribution in [3.63, 3.8) is 0 Å². The van der Waals surface area contributed by atoms with Crippen LogP contribution in [0.2, 0.25) is 0 Å². The summed E-state index contributed by atoms with van der Waals surface area (Å²) in [6.07, 6.45) is 0. The second-order valence-corrected chi connectivity index (χ2v) is 3.74. The SMILES string of the molecule is COc1c(F)ccc(C)c1-c1cc(C(=O)O)[nH]n1. The van der Waals surface area contributed by atoms with E-state index in [1.165, 1.54) is 19.2 Å². The van der Waals surface area contributed by atoms with Gasteiger partial charge < -0.3 is 9.84 Å². The van der Waals surface area contributed by atoms with Crippen molar-refractivity contribution in [1.82, 2.24) is 10.2 Å². The van der Waals surface area contributed by atoms with Crippen molar-refractivity contribution < 1.29 is 19.0 Å². The fourth-order valence-electron chi connectivity index (χ4n) is 1.73. The molecule has 1 aromatic carbocycles. The summed E-state index contributed by atoms with van der Waals surface area (Å²) in [5.41, 5.74) is 1.47. The van der Waals surface area contributed by atoms with E-state index >= 15 is 0 Å². The molecule has 94 valence electrons. The molecular weight excluding hydrogens is 239 g/mol. The molecule has 0 aliphatic rings. The summed E-state index contributed by atoms with van der Waals surface area (Å²) in [7, 11) is 1.35. The van der Waals surface area contributed by atoms with Crippen LogP contribution in [0.5, 0.6) is 5.75 Å². The summed E-state index contributed by atoms with van der Waals surface area (Å²) in [6, 6.07) is 4.22. The van der Waals surface area contributed by atoms with Crippen molar-refractivity contribution >= 4 is 5.97 Å². The van der Waals surface area contributed by atoms with E-state index in [4.69, 9.17) is 9.84 Å². The number of H-pyrrole nitrogens is 1. The molecule has 0 bridgehead atoms. The molecule has 2 rings (SSSR count). The van der Waals surface area contributed by atoms with Crippen molar-refractivity contribution in [3.8, 4) is 17.0 Å². The highest BCUT2D eigenvalue weighted by molar-refractivity contribution is 5.87. The van der Waals surface area contributed by atoms with Gasteiger partial charge in [-0.3, -0.25) is 5.10 Å². The summed E-state index contributed by atoms with van der Waals surface area (Å²) in [6.45, 7) is 1.77. The van der Waals surface area contributed by atoms with Crippen LogP contribution >= 0.6 is 0 Å². The Morgan fingerprint density at radius 1 is 1.50 bits per heavy atom. The number of nitrogens with one attached hydrogen (secondary N) is 1. The van der Waals surface area contributed by atoms with Crippen LogP contribution in [0, 0.1) is 12.7 Å². The Kier molecular flexibility index (Phi) is 3.01. The van der Waals surface area contributed by atoms with Crippen LogP contribution < -0.4 is 4.74 Å². The normalized spacial score (nSPS) is 10.4. The summed E-state index contributed by atoms with van der Waals surface area (Å²) < 4.78 is 18.6. The number of hydrogen-bond acceptors (Lipinski definition) is 3. The van der Waals surface area contributed by atoms with Gasteiger partial charge in [0, 0.05) is 0 Å². The second kappa shape index (κ2) is 4.48. The van der Waals surface area contributed by atoms with E-state index in [9.17, 15) is 9.18 Å². The van der Waals surface area contributed by atoms with E-state index in [1.54, 1.807) is 13.0 Å². The third-order valence-electron chi connectivity index (χ3n) is 2.59. The lowest BCUT2D eigenvalue weighted by Gasteiger charge is -2.10. The number of nitrogens with zero attached hydrogens (tertiary/aromatic N) is 1. The van der Waals surface area contributed by atoms with Crippen molar-refractivity contribution in [2.45, 2.75) is 6.92 Å². The van der Waals surface area contributed by atoms with E-state index in [-0.39, 0.29) is 11.4 Å². The highest BCUT2D eigenvalue weighted by Crippen LogP contribution is 2.34. The summed E-state index contributed by atoms with van der Waals surface area (Å²) >= 11 is 0. The molecule has 0 unspecified atom stereocenters. The van der Waals surface area contributed by atoms with E-state index in [1.807, 2.05) is 0 Å². The standard InChI is InChI=1S/C12H11FN2O3/c1-6-3-4-7(13)11(18-2)10(6)8-5-9(12(16)17)15-14-8/h3-5H,1-2H3,(H,14,15)(H,16,17). The average Bonchev–Trinajstić information content (AvgIpc) is 2.81. The maximum Gasteiger partial charge on any atom is 0.353 e. The summed E-state index contributed by atoms with van der Waals surface area (Å²) in [5, 5.41) is 15.1. The zero-order valence-corrected chi connectivity index (χ0v) is 9.82. The van der Waals surface area contributed by atoms with Gasteiger partial charge in [-0.2, -0.15) is 5.10 Å². The van der Waals surface area contributed by atoms with Gasteiger partial charge in [-0.1, -0.05) is 6.07 Å². The number of carboxylic acid groups (broad SMARTS) is 1. The first kappa shape index (κ1) is 12.1. The minimum atomic E-state index is -1.12. The van der Waals surface area contributed by atoms with Gasteiger partial charge in [0.15, 0.2) is 11.6 Å². The third kappa shape index (κ3) is 1.92. The van der Waals surface area contributed by atoms with Gasteiger partial charge in [0.25, 0.3) is 0 Å². The van der Waals surface area contributed by atoms with Crippen molar-refractivity contribution in [1.29, 1.82) is 0 Å². The zero-order chi connectivity index (χ0) is 13.3. The quantitative estimate of drug-likeness (QED) is 0.875. The number of benzene rings is 1. The molecule has 5 nitrogen and oxygen atoms in total. The number of aryl methyl sites for hydroxylation is 1. The monoisotopic (exact) mass is 250 g/mol. The van der Waals surface area contributed by atoms with Crippen LogP contribution in [0.1, 0.15) is 16.1 Å². The average molecular weight is 250 g/mol. The number of ether oxygens (including phenoxy) is 1. The maximum atomic E-state index is 13.6. The molecule has 0 aliphatic heterocycles. The smallest absolute Gasteiger partial charge is 0.353 e. The fourth-order valence-corrected chi connectivity index (χ4v) is 1.73. The molecule has 0 amide bonds. The highest BCUT2D eigenvalue weighted by atomic mass is 19.1. The lowest BCUT2D eigenvalue weighted by atomic mass is 10.0. The maximum absolute atomic E-state index is 13.6. The molecule has 6 heteroatoms. The lowest BCUT2D eigenvalue weighted by Crippen LogP contribution is -1.95. The van der Waals surface area contributed by atoms with Crippen LogP contribution in [0.15, 0.2) is 18.2 Å². The van der Waals surface area contributed by atoms with Gasteiger partial charge in [0.05, 0.1) is 18.4 Å². The van der Waals surface area contributed by atoms with Crippen LogP contribution in [0.3, 0.4) is 0 Å². The van der Waals surface area contributed by atoms with Crippen molar-refractivity contribution in [3.05, 3.63) is 35.3 Å². The van der Waals surface area contributed by atoms with Crippen LogP contribution in [0.25, 0.3) is 11.3 Å². The number of carbonyl (C=O) groups is 1. The molecule has 0 saturated carbocycles. The number of carboxylic acids is 1. The van der Waals surface area contributed by atoms with Crippen molar-refractivity contribution in [2.24, 2.45) is 0 Å². The molecule has 18 heavy (non-hydrogen) atoms. The Bertz CT molecular complexity index is 607. The minimum absolute atomic E-state index is 0.0541. The highest BCUT2D eigenvalue weighted by Gasteiger charge is 2.18. The van der Waals surface area contributed by atoms with E-state index < -0.39 is 11.8 Å². The number of aromatic carboxylic acids is 1. The third-order valence-corrected chi connectivity index (χ3v) is 2.59. The largest absolute Gasteiger partial charge is 0.493 e. The number of rotatable bonds is 3. The van der Waals surface area contributed by atoms with Crippen LogP contribution in [-0.2, 0) is 0 Å². The summed E-state index contributed by atoms with van der Waals surface area (Å²) in [5.74, 6) is -1.59. The molecule has 1 heterocycles. The first-order valence-electron chi connectivity index (χ1n) is 5.16. The van der Waals surface area contributed by atoms with E-state index in [0.717, 1.165) is 5.56 Å². The number of aromatic amines is 1. The van der Waals surface area contributed by atoms with Crippen molar-refractivity contribution in [2.75, 3.05) is 7.11 Å². The van der Waals surface area contributed by atoms with Crippen LogP contribution in [-0.4, -0.2) is 28.4 Å².